The van der Waals surface area contributed by atoms with Crippen LogP contribution in [-0.4, -0.2) is 12.6 Å². The van der Waals surface area contributed by atoms with Gasteiger partial charge >= 0.3 is 6.03 Å². The maximum atomic E-state index is 11.9. The van der Waals surface area contributed by atoms with Crippen LogP contribution >= 0.6 is 0 Å². The zero-order valence-electron chi connectivity index (χ0n) is 13.8. The van der Waals surface area contributed by atoms with E-state index in [1.54, 1.807) is 0 Å². The molecular formula is C19H24N2O2. The molecule has 4 heteroatoms. The summed E-state index contributed by atoms with van der Waals surface area (Å²) in [6.07, 6.45) is 0. The maximum Gasteiger partial charge on any atom is 0.315 e. The summed E-state index contributed by atoms with van der Waals surface area (Å²) in [7, 11) is 0. The number of rotatable bonds is 7. The van der Waals surface area contributed by atoms with Crippen LogP contribution in [0.1, 0.15) is 29.2 Å². The molecule has 2 amide bonds. The Morgan fingerprint density at radius 3 is 2.48 bits per heavy atom. The van der Waals surface area contributed by atoms with E-state index in [0.29, 0.717) is 26.3 Å². The van der Waals surface area contributed by atoms with Crippen molar-refractivity contribution in [1.29, 1.82) is 0 Å². The molecule has 4 nitrogen and oxygen atoms in total. The number of benzene rings is 2. The standard InChI is InChI=1S/C19H24N2O2/c1-3-23-14-18-10-5-4-9-17(18)13-21-19(22)20-12-16-8-6-7-15(2)11-16/h4-11H,3,12-14H2,1-2H3,(H2,20,21,22). The molecule has 0 aliphatic rings. The fourth-order valence-electron chi connectivity index (χ4n) is 2.33. The highest BCUT2D eigenvalue weighted by Gasteiger charge is 2.05. The number of nitrogens with one attached hydrogen (secondary N) is 2. The third-order valence-electron chi connectivity index (χ3n) is 3.56. The SMILES string of the molecule is CCOCc1ccccc1CNC(=O)NCc1cccc(C)c1. The molecule has 2 aromatic rings. The van der Waals surface area contributed by atoms with Gasteiger partial charge in [-0.15, -0.1) is 0 Å². The molecule has 0 heterocycles. The lowest BCUT2D eigenvalue weighted by Gasteiger charge is -2.11. The Balaban J connectivity index is 1.82. The van der Waals surface area contributed by atoms with Crippen LogP contribution in [0.4, 0.5) is 4.79 Å². The highest BCUT2D eigenvalue weighted by Crippen LogP contribution is 2.10. The molecule has 2 N–H and O–H groups in total. The average molecular weight is 312 g/mol. The number of hydrogen-bond donors (Lipinski definition) is 2. The number of carbonyl (C=O) groups excluding carboxylic acids is 1. The summed E-state index contributed by atoms with van der Waals surface area (Å²) in [5, 5.41) is 5.77. The highest BCUT2D eigenvalue weighted by atomic mass is 16.5. The number of amides is 2. The van der Waals surface area contributed by atoms with Crippen LogP contribution in [0.3, 0.4) is 0 Å². The minimum Gasteiger partial charge on any atom is -0.377 e. The van der Waals surface area contributed by atoms with Crippen LogP contribution in [0.2, 0.25) is 0 Å². The van der Waals surface area contributed by atoms with Crippen molar-refractivity contribution in [2.45, 2.75) is 33.5 Å². The Hall–Kier alpha value is -2.33. The lowest BCUT2D eigenvalue weighted by Crippen LogP contribution is -2.34. The van der Waals surface area contributed by atoms with E-state index in [2.05, 4.69) is 16.7 Å². The van der Waals surface area contributed by atoms with Crippen LogP contribution in [0.5, 0.6) is 0 Å². The molecule has 0 spiro atoms. The Morgan fingerprint density at radius 1 is 1.00 bits per heavy atom. The van der Waals surface area contributed by atoms with Crippen molar-refractivity contribution >= 4 is 6.03 Å². The first-order chi connectivity index (χ1) is 11.2. The van der Waals surface area contributed by atoms with Gasteiger partial charge in [-0.25, -0.2) is 4.79 Å². The van der Waals surface area contributed by atoms with Crippen molar-refractivity contribution in [1.82, 2.24) is 10.6 Å². The minimum atomic E-state index is -0.169. The largest absolute Gasteiger partial charge is 0.377 e. The predicted molar refractivity (Wildman–Crippen MR) is 92.0 cm³/mol. The second kappa shape index (κ2) is 8.96. The van der Waals surface area contributed by atoms with Gasteiger partial charge in [-0.05, 0) is 30.5 Å². The van der Waals surface area contributed by atoms with E-state index in [1.807, 2.05) is 56.3 Å². The zero-order chi connectivity index (χ0) is 16.5. The quantitative estimate of drug-likeness (QED) is 0.821. The Kier molecular flexibility index (Phi) is 6.63. The zero-order valence-corrected chi connectivity index (χ0v) is 13.8. The third-order valence-corrected chi connectivity index (χ3v) is 3.56. The Labute approximate surface area is 137 Å². The number of aryl methyl sites for hydroxylation is 1. The molecule has 0 saturated heterocycles. The second-order valence-electron chi connectivity index (χ2n) is 5.43. The van der Waals surface area contributed by atoms with Gasteiger partial charge in [0.05, 0.1) is 6.61 Å². The van der Waals surface area contributed by atoms with E-state index in [-0.39, 0.29) is 6.03 Å². The molecule has 0 aliphatic heterocycles. The summed E-state index contributed by atoms with van der Waals surface area (Å²) < 4.78 is 5.46. The molecule has 2 aromatic carbocycles. The molecule has 0 saturated carbocycles. The molecule has 0 aromatic heterocycles. The number of ether oxygens (including phenoxy) is 1. The molecule has 0 bridgehead atoms. The fraction of sp³-hybridized carbons (Fsp3) is 0.316. The van der Waals surface area contributed by atoms with Crippen molar-refractivity contribution < 1.29 is 9.53 Å². The van der Waals surface area contributed by atoms with Gasteiger partial charge in [0.2, 0.25) is 0 Å². The van der Waals surface area contributed by atoms with E-state index in [9.17, 15) is 4.79 Å². The minimum absolute atomic E-state index is 0.169. The summed E-state index contributed by atoms with van der Waals surface area (Å²) in [6.45, 7) is 6.27. The van der Waals surface area contributed by atoms with E-state index in [0.717, 1.165) is 16.7 Å². The number of carbonyl (C=O) groups is 1. The molecule has 0 fully saturated rings. The highest BCUT2D eigenvalue weighted by molar-refractivity contribution is 5.73. The van der Waals surface area contributed by atoms with Crippen LogP contribution < -0.4 is 10.6 Å². The molecule has 0 atom stereocenters. The summed E-state index contributed by atoms with van der Waals surface area (Å²) in [5.41, 5.74) is 4.46. The molecule has 0 aliphatic carbocycles. The van der Waals surface area contributed by atoms with E-state index in [4.69, 9.17) is 4.74 Å². The maximum absolute atomic E-state index is 11.9. The summed E-state index contributed by atoms with van der Waals surface area (Å²) in [5.74, 6) is 0. The molecule has 2 rings (SSSR count). The van der Waals surface area contributed by atoms with Crippen LogP contribution in [0.15, 0.2) is 48.5 Å². The van der Waals surface area contributed by atoms with Crippen molar-refractivity contribution in [2.24, 2.45) is 0 Å². The van der Waals surface area contributed by atoms with Gasteiger partial charge in [0, 0.05) is 19.7 Å². The van der Waals surface area contributed by atoms with Crippen molar-refractivity contribution in [3.63, 3.8) is 0 Å². The van der Waals surface area contributed by atoms with Crippen molar-refractivity contribution in [3.8, 4) is 0 Å². The topological polar surface area (TPSA) is 50.4 Å². The van der Waals surface area contributed by atoms with Crippen LogP contribution in [-0.2, 0) is 24.4 Å². The normalized spacial score (nSPS) is 10.3. The first-order valence-corrected chi connectivity index (χ1v) is 7.91. The molecule has 0 unspecified atom stereocenters. The Morgan fingerprint density at radius 2 is 1.74 bits per heavy atom. The van der Waals surface area contributed by atoms with Gasteiger partial charge < -0.3 is 15.4 Å². The fourth-order valence-corrected chi connectivity index (χ4v) is 2.33. The third kappa shape index (κ3) is 5.75. The molecule has 122 valence electrons. The summed E-state index contributed by atoms with van der Waals surface area (Å²) in [6, 6.07) is 15.9. The summed E-state index contributed by atoms with van der Waals surface area (Å²) >= 11 is 0. The predicted octanol–water partition coefficient (Wildman–Crippen LogP) is 3.53. The molecular weight excluding hydrogens is 288 g/mol. The first-order valence-electron chi connectivity index (χ1n) is 7.91. The van der Waals surface area contributed by atoms with Gasteiger partial charge in [0.1, 0.15) is 0 Å². The summed E-state index contributed by atoms with van der Waals surface area (Å²) in [4.78, 5) is 11.9. The van der Waals surface area contributed by atoms with Crippen molar-refractivity contribution in [2.75, 3.05) is 6.61 Å². The van der Waals surface area contributed by atoms with E-state index < -0.39 is 0 Å². The molecule has 0 radical (unpaired) electrons. The smallest absolute Gasteiger partial charge is 0.315 e. The van der Waals surface area contributed by atoms with Crippen LogP contribution in [0.25, 0.3) is 0 Å². The van der Waals surface area contributed by atoms with E-state index >= 15 is 0 Å². The lowest BCUT2D eigenvalue weighted by molar-refractivity contribution is 0.133. The van der Waals surface area contributed by atoms with Gasteiger partial charge in [0.25, 0.3) is 0 Å². The average Bonchev–Trinajstić information content (AvgIpc) is 2.57. The van der Waals surface area contributed by atoms with E-state index in [1.165, 1.54) is 5.56 Å². The number of urea groups is 1. The molecule has 23 heavy (non-hydrogen) atoms. The lowest BCUT2D eigenvalue weighted by atomic mass is 10.1. The Bertz CT molecular complexity index is 641. The number of hydrogen-bond acceptors (Lipinski definition) is 2. The first kappa shape index (κ1) is 17.0. The monoisotopic (exact) mass is 312 g/mol. The van der Waals surface area contributed by atoms with Crippen LogP contribution in [0, 0.1) is 6.92 Å². The van der Waals surface area contributed by atoms with Gasteiger partial charge in [-0.3, -0.25) is 0 Å². The second-order valence-corrected chi connectivity index (χ2v) is 5.43. The van der Waals surface area contributed by atoms with Gasteiger partial charge in [-0.2, -0.15) is 0 Å². The van der Waals surface area contributed by atoms with Crippen molar-refractivity contribution in [3.05, 3.63) is 70.8 Å². The van der Waals surface area contributed by atoms with Gasteiger partial charge in [0.15, 0.2) is 0 Å². The van der Waals surface area contributed by atoms with Gasteiger partial charge in [-0.1, -0.05) is 54.1 Å².